The normalized spacial score (nSPS) is 11.8. The lowest BCUT2D eigenvalue weighted by molar-refractivity contribution is 0.161. The molecule has 0 bridgehead atoms. The molecule has 0 saturated carbocycles. The number of guanidine groups is 1. The molecule has 0 saturated heterocycles. The molecule has 0 aliphatic carbocycles. The number of methoxy groups -OCH3 is 1. The van der Waals surface area contributed by atoms with E-state index in [2.05, 4.69) is 27.6 Å². The molecule has 0 radical (unpaired) electrons. The zero-order valence-electron chi connectivity index (χ0n) is 15.1. The average molecular weight is 338 g/mol. The third-order valence-electron chi connectivity index (χ3n) is 3.63. The largest absolute Gasteiger partial charge is 0.383 e. The number of nitrogens with one attached hydrogen (secondary N) is 2. The minimum atomic E-state index is -0.152. The Morgan fingerprint density at radius 1 is 1.25 bits per heavy atom. The second-order valence-electron chi connectivity index (χ2n) is 5.68. The maximum Gasteiger partial charge on any atom is 0.191 e. The van der Waals surface area contributed by atoms with E-state index in [-0.39, 0.29) is 5.82 Å². The molecule has 0 aliphatic heterocycles. The van der Waals surface area contributed by atoms with E-state index in [4.69, 9.17) is 4.74 Å². The third kappa shape index (κ3) is 8.84. The van der Waals surface area contributed by atoms with Crippen molar-refractivity contribution in [3.8, 4) is 0 Å². The monoisotopic (exact) mass is 338 g/mol. The number of rotatable bonds is 11. The molecule has 6 heteroatoms. The smallest absolute Gasteiger partial charge is 0.191 e. The van der Waals surface area contributed by atoms with Crippen molar-refractivity contribution in [1.82, 2.24) is 15.5 Å². The van der Waals surface area contributed by atoms with Crippen LogP contribution in [0.2, 0.25) is 0 Å². The molecule has 2 N–H and O–H groups in total. The van der Waals surface area contributed by atoms with Gasteiger partial charge in [-0.1, -0.05) is 18.2 Å². The number of ether oxygens (including phenoxy) is 1. The van der Waals surface area contributed by atoms with E-state index >= 15 is 0 Å². The lowest BCUT2D eigenvalue weighted by Gasteiger charge is -2.15. The lowest BCUT2D eigenvalue weighted by atomic mass is 10.1. The summed E-state index contributed by atoms with van der Waals surface area (Å²) in [5.74, 6) is 0.633. The molecule has 0 aromatic heterocycles. The predicted molar refractivity (Wildman–Crippen MR) is 98.1 cm³/mol. The highest BCUT2D eigenvalue weighted by atomic mass is 19.1. The topological polar surface area (TPSA) is 48.9 Å². The molecular formula is C18H31FN4O. The van der Waals surface area contributed by atoms with E-state index in [1.54, 1.807) is 13.2 Å². The van der Waals surface area contributed by atoms with Crippen LogP contribution in [0.25, 0.3) is 0 Å². The predicted octanol–water partition coefficient (Wildman–Crippen LogP) is 1.89. The van der Waals surface area contributed by atoms with Crippen LogP contribution in [0.1, 0.15) is 18.9 Å². The number of hydrogen-bond acceptors (Lipinski definition) is 3. The Morgan fingerprint density at radius 3 is 2.75 bits per heavy atom. The highest BCUT2D eigenvalue weighted by Crippen LogP contribution is 2.06. The highest BCUT2D eigenvalue weighted by molar-refractivity contribution is 5.79. The highest BCUT2D eigenvalue weighted by Gasteiger charge is 2.02. The SMILES string of the molecule is CCNC(=NCCCN(C)CCOC)NCCc1ccccc1F. The van der Waals surface area contributed by atoms with E-state index in [9.17, 15) is 4.39 Å². The van der Waals surface area contributed by atoms with Gasteiger partial charge in [-0.3, -0.25) is 4.99 Å². The van der Waals surface area contributed by atoms with Crippen molar-refractivity contribution in [2.75, 3.05) is 53.5 Å². The van der Waals surface area contributed by atoms with Gasteiger partial charge in [0.1, 0.15) is 5.82 Å². The summed E-state index contributed by atoms with van der Waals surface area (Å²) in [4.78, 5) is 6.80. The molecule has 24 heavy (non-hydrogen) atoms. The molecule has 0 atom stereocenters. The van der Waals surface area contributed by atoms with Gasteiger partial charge in [-0.15, -0.1) is 0 Å². The third-order valence-corrected chi connectivity index (χ3v) is 3.63. The van der Waals surface area contributed by atoms with Crippen LogP contribution >= 0.6 is 0 Å². The van der Waals surface area contributed by atoms with Crippen LogP contribution in [-0.4, -0.2) is 64.3 Å². The molecule has 5 nitrogen and oxygen atoms in total. The van der Waals surface area contributed by atoms with Gasteiger partial charge in [0.05, 0.1) is 6.61 Å². The van der Waals surface area contributed by atoms with Gasteiger partial charge in [-0.2, -0.15) is 0 Å². The molecule has 1 aromatic rings. The average Bonchev–Trinajstić information content (AvgIpc) is 2.58. The molecule has 0 fully saturated rings. The summed E-state index contributed by atoms with van der Waals surface area (Å²) in [5.41, 5.74) is 0.723. The summed E-state index contributed by atoms with van der Waals surface area (Å²) in [6.07, 6.45) is 1.63. The van der Waals surface area contributed by atoms with Crippen LogP contribution in [0.5, 0.6) is 0 Å². The minimum absolute atomic E-state index is 0.152. The van der Waals surface area contributed by atoms with Crippen molar-refractivity contribution in [1.29, 1.82) is 0 Å². The van der Waals surface area contributed by atoms with Crippen molar-refractivity contribution in [2.24, 2.45) is 4.99 Å². The Hall–Kier alpha value is -1.66. The number of likely N-dealkylation sites (N-methyl/N-ethyl adjacent to an activating group) is 1. The van der Waals surface area contributed by atoms with Gasteiger partial charge in [0.15, 0.2) is 5.96 Å². The number of hydrogen-bond donors (Lipinski definition) is 2. The fraction of sp³-hybridized carbons (Fsp3) is 0.611. The van der Waals surface area contributed by atoms with Gasteiger partial charge in [-0.25, -0.2) is 4.39 Å². The van der Waals surface area contributed by atoms with Crippen molar-refractivity contribution >= 4 is 5.96 Å². The van der Waals surface area contributed by atoms with E-state index in [1.807, 2.05) is 19.1 Å². The Morgan fingerprint density at radius 2 is 2.04 bits per heavy atom. The quantitative estimate of drug-likeness (QED) is 0.368. The first-order chi connectivity index (χ1) is 11.7. The first-order valence-corrected chi connectivity index (χ1v) is 8.60. The standard InChI is InChI=1S/C18H31FN4O/c1-4-20-18(21-11-7-13-23(2)14-15-24-3)22-12-10-16-8-5-6-9-17(16)19/h5-6,8-9H,4,7,10-15H2,1-3H3,(H2,20,21,22). The van der Waals surface area contributed by atoms with E-state index in [1.165, 1.54) is 6.07 Å². The van der Waals surface area contributed by atoms with Crippen molar-refractivity contribution < 1.29 is 9.13 Å². The van der Waals surface area contributed by atoms with Crippen LogP contribution in [0.4, 0.5) is 4.39 Å². The van der Waals surface area contributed by atoms with Crippen LogP contribution in [0.3, 0.4) is 0 Å². The molecular weight excluding hydrogens is 307 g/mol. The van der Waals surface area contributed by atoms with E-state index < -0.39 is 0 Å². The second kappa shape index (κ2) is 12.7. The minimum Gasteiger partial charge on any atom is -0.383 e. The first-order valence-electron chi connectivity index (χ1n) is 8.60. The molecule has 0 unspecified atom stereocenters. The van der Waals surface area contributed by atoms with Crippen LogP contribution in [-0.2, 0) is 11.2 Å². The van der Waals surface area contributed by atoms with Gasteiger partial charge in [-0.05, 0) is 45.0 Å². The van der Waals surface area contributed by atoms with Gasteiger partial charge >= 0.3 is 0 Å². The van der Waals surface area contributed by atoms with Gasteiger partial charge in [0, 0.05) is 33.3 Å². The molecule has 0 aliphatic rings. The number of benzene rings is 1. The van der Waals surface area contributed by atoms with Gasteiger partial charge < -0.3 is 20.3 Å². The Kier molecular flexibility index (Phi) is 10.8. The fourth-order valence-electron chi connectivity index (χ4n) is 2.25. The summed E-state index contributed by atoms with van der Waals surface area (Å²) < 4.78 is 18.6. The lowest BCUT2D eigenvalue weighted by Crippen LogP contribution is -2.38. The summed E-state index contributed by atoms with van der Waals surface area (Å²) >= 11 is 0. The molecule has 0 amide bonds. The summed E-state index contributed by atoms with van der Waals surface area (Å²) in [5, 5.41) is 6.47. The molecule has 0 heterocycles. The fourth-order valence-corrected chi connectivity index (χ4v) is 2.25. The van der Waals surface area contributed by atoms with Crippen molar-refractivity contribution in [2.45, 2.75) is 19.8 Å². The number of aliphatic imine (C=N–C) groups is 1. The molecule has 1 aromatic carbocycles. The second-order valence-corrected chi connectivity index (χ2v) is 5.68. The molecule has 1 rings (SSSR count). The Bertz CT molecular complexity index is 482. The summed E-state index contributed by atoms with van der Waals surface area (Å²) in [6, 6.07) is 6.88. The van der Waals surface area contributed by atoms with Crippen LogP contribution in [0.15, 0.2) is 29.3 Å². The van der Waals surface area contributed by atoms with Gasteiger partial charge in [0.2, 0.25) is 0 Å². The van der Waals surface area contributed by atoms with Crippen molar-refractivity contribution in [3.63, 3.8) is 0 Å². The zero-order chi connectivity index (χ0) is 17.6. The summed E-state index contributed by atoms with van der Waals surface area (Å²) in [7, 11) is 3.80. The van der Waals surface area contributed by atoms with Gasteiger partial charge in [0.25, 0.3) is 0 Å². The number of nitrogens with zero attached hydrogens (tertiary/aromatic N) is 2. The summed E-state index contributed by atoms with van der Waals surface area (Å²) in [6.45, 7) is 6.92. The maximum atomic E-state index is 13.6. The van der Waals surface area contributed by atoms with E-state index in [0.29, 0.717) is 13.0 Å². The number of halogens is 1. The Labute approximate surface area is 145 Å². The zero-order valence-corrected chi connectivity index (χ0v) is 15.1. The van der Waals surface area contributed by atoms with Crippen molar-refractivity contribution in [3.05, 3.63) is 35.6 Å². The van der Waals surface area contributed by atoms with E-state index in [0.717, 1.165) is 50.7 Å². The molecule has 0 spiro atoms. The maximum absolute atomic E-state index is 13.6. The Balaban J connectivity index is 2.30. The first kappa shape index (κ1) is 20.4. The molecule has 136 valence electrons. The van der Waals surface area contributed by atoms with Crippen LogP contribution in [0, 0.1) is 5.82 Å². The van der Waals surface area contributed by atoms with Crippen LogP contribution < -0.4 is 10.6 Å².